The summed E-state index contributed by atoms with van der Waals surface area (Å²) in [4.78, 5) is 4.60. The fraction of sp³-hybridized carbons (Fsp3) is 0.0645. The van der Waals surface area contributed by atoms with Gasteiger partial charge in [-0.1, -0.05) is 36.4 Å². The summed E-state index contributed by atoms with van der Waals surface area (Å²) in [6.45, 7) is 4.51. The first-order valence-corrected chi connectivity index (χ1v) is 12.5. The number of benzene rings is 4. The number of hydrogen-bond acceptors (Lipinski definition) is 2. The third kappa shape index (κ3) is 2.22. The van der Waals surface area contributed by atoms with E-state index in [2.05, 4.69) is 96.0 Å². The Labute approximate surface area is 200 Å². The molecule has 0 unspecified atom stereocenters. The SMILES string of the molecule is Cc1cc(C)c2c3cc4c(cc3n3c5ccc(-c6ccccn6)cc5c1c23)sc1ccccc14. The van der Waals surface area contributed by atoms with Crippen LogP contribution in [0.4, 0.5) is 0 Å². The summed E-state index contributed by atoms with van der Waals surface area (Å²) in [5.74, 6) is 0. The van der Waals surface area contributed by atoms with Gasteiger partial charge >= 0.3 is 0 Å². The third-order valence-electron chi connectivity index (χ3n) is 7.39. The fourth-order valence-corrected chi connectivity index (χ4v) is 7.13. The molecular weight excluding hydrogens is 432 g/mol. The summed E-state index contributed by atoms with van der Waals surface area (Å²) in [5, 5.41) is 8.11. The van der Waals surface area contributed by atoms with Crippen molar-refractivity contribution < 1.29 is 0 Å². The molecule has 34 heavy (non-hydrogen) atoms. The van der Waals surface area contributed by atoms with Crippen LogP contribution in [0.3, 0.4) is 0 Å². The normalized spacial score (nSPS) is 12.4. The van der Waals surface area contributed by atoms with Gasteiger partial charge in [0, 0.05) is 53.5 Å². The molecule has 8 aromatic rings. The minimum absolute atomic E-state index is 1.01. The Kier molecular flexibility index (Phi) is 3.44. The lowest BCUT2D eigenvalue weighted by Crippen LogP contribution is -1.84. The number of fused-ring (bicyclic) bond motifs is 9. The maximum atomic E-state index is 4.60. The van der Waals surface area contributed by atoms with Crippen LogP contribution in [0.15, 0.2) is 85.1 Å². The van der Waals surface area contributed by atoms with Crippen LogP contribution in [-0.4, -0.2) is 9.38 Å². The first-order chi connectivity index (χ1) is 16.7. The molecule has 2 nitrogen and oxygen atoms in total. The van der Waals surface area contributed by atoms with E-state index in [1.807, 2.05) is 23.6 Å². The lowest BCUT2D eigenvalue weighted by atomic mass is 9.98. The molecule has 0 atom stereocenters. The average Bonchev–Trinajstić information content (AvgIpc) is 3.49. The third-order valence-corrected chi connectivity index (χ3v) is 8.53. The van der Waals surface area contributed by atoms with E-state index in [1.165, 1.54) is 69.4 Å². The molecule has 0 amide bonds. The van der Waals surface area contributed by atoms with E-state index in [0.29, 0.717) is 0 Å². The van der Waals surface area contributed by atoms with Crippen LogP contribution in [0.5, 0.6) is 0 Å². The maximum Gasteiger partial charge on any atom is 0.0702 e. The smallest absolute Gasteiger partial charge is 0.0702 e. The largest absolute Gasteiger partial charge is 0.308 e. The highest BCUT2D eigenvalue weighted by Gasteiger charge is 2.22. The Morgan fingerprint density at radius 2 is 1.44 bits per heavy atom. The molecule has 8 rings (SSSR count). The molecule has 0 N–H and O–H groups in total. The number of pyridine rings is 1. The highest BCUT2D eigenvalue weighted by Crippen LogP contribution is 2.45. The zero-order chi connectivity index (χ0) is 22.6. The van der Waals surface area contributed by atoms with Crippen molar-refractivity contribution in [1.82, 2.24) is 9.38 Å². The highest BCUT2D eigenvalue weighted by molar-refractivity contribution is 7.25. The fourth-order valence-electron chi connectivity index (χ4n) is 6.01. The Morgan fingerprint density at radius 1 is 0.647 bits per heavy atom. The molecule has 0 saturated heterocycles. The second-order valence-corrected chi connectivity index (χ2v) is 10.4. The summed E-state index contributed by atoms with van der Waals surface area (Å²) in [7, 11) is 0. The molecule has 0 bridgehead atoms. The predicted octanol–water partition coefficient (Wildman–Crippen LogP) is 8.88. The Balaban J connectivity index is 1.59. The van der Waals surface area contributed by atoms with Gasteiger partial charge in [-0.2, -0.15) is 0 Å². The van der Waals surface area contributed by atoms with E-state index in [9.17, 15) is 0 Å². The second kappa shape index (κ2) is 6.34. The highest BCUT2D eigenvalue weighted by atomic mass is 32.1. The van der Waals surface area contributed by atoms with Crippen molar-refractivity contribution in [3.05, 3.63) is 96.2 Å². The van der Waals surface area contributed by atoms with E-state index in [0.717, 1.165) is 11.3 Å². The number of aryl methyl sites for hydroxylation is 2. The predicted molar refractivity (Wildman–Crippen MR) is 147 cm³/mol. The molecule has 160 valence electrons. The van der Waals surface area contributed by atoms with E-state index in [4.69, 9.17) is 0 Å². The quantitative estimate of drug-likeness (QED) is 0.243. The number of hydrogen-bond donors (Lipinski definition) is 0. The minimum atomic E-state index is 1.01. The molecule has 0 spiro atoms. The maximum absolute atomic E-state index is 4.60. The van der Waals surface area contributed by atoms with Crippen molar-refractivity contribution in [2.75, 3.05) is 0 Å². The summed E-state index contributed by atoms with van der Waals surface area (Å²) >= 11 is 1.89. The van der Waals surface area contributed by atoms with Gasteiger partial charge < -0.3 is 4.40 Å². The average molecular weight is 453 g/mol. The van der Waals surface area contributed by atoms with Crippen LogP contribution >= 0.6 is 11.3 Å². The zero-order valence-corrected chi connectivity index (χ0v) is 19.7. The van der Waals surface area contributed by atoms with Crippen LogP contribution in [0, 0.1) is 13.8 Å². The number of thiophene rings is 1. The van der Waals surface area contributed by atoms with Gasteiger partial charge in [0.15, 0.2) is 0 Å². The molecule has 3 heteroatoms. The van der Waals surface area contributed by atoms with Gasteiger partial charge in [-0.05, 0) is 67.4 Å². The Bertz CT molecular complexity index is 2080. The van der Waals surface area contributed by atoms with Gasteiger partial charge in [0.25, 0.3) is 0 Å². The van der Waals surface area contributed by atoms with Crippen molar-refractivity contribution in [1.29, 1.82) is 0 Å². The topological polar surface area (TPSA) is 17.3 Å². The summed E-state index contributed by atoms with van der Waals surface area (Å²) in [5.41, 5.74) is 8.77. The van der Waals surface area contributed by atoms with Gasteiger partial charge in [0.2, 0.25) is 0 Å². The van der Waals surface area contributed by atoms with Crippen molar-refractivity contribution in [3.63, 3.8) is 0 Å². The van der Waals surface area contributed by atoms with E-state index in [1.54, 1.807) is 0 Å². The lowest BCUT2D eigenvalue weighted by Gasteiger charge is -2.05. The summed E-state index contributed by atoms with van der Waals surface area (Å²) in [6, 6.07) is 28.9. The van der Waals surface area contributed by atoms with Crippen LogP contribution in [0.1, 0.15) is 11.1 Å². The number of nitrogens with zero attached hydrogens (tertiary/aromatic N) is 2. The zero-order valence-electron chi connectivity index (χ0n) is 18.9. The lowest BCUT2D eigenvalue weighted by molar-refractivity contribution is 1.33. The van der Waals surface area contributed by atoms with Crippen molar-refractivity contribution >= 4 is 69.6 Å². The second-order valence-electron chi connectivity index (χ2n) is 9.36. The minimum Gasteiger partial charge on any atom is -0.308 e. The Hall–Kier alpha value is -3.95. The molecule has 0 radical (unpaired) electrons. The Morgan fingerprint density at radius 3 is 2.26 bits per heavy atom. The van der Waals surface area contributed by atoms with Crippen molar-refractivity contribution in [3.8, 4) is 11.3 Å². The van der Waals surface area contributed by atoms with Crippen LogP contribution in [0.25, 0.3) is 69.5 Å². The van der Waals surface area contributed by atoms with Gasteiger partial charge in [-0.3, -0.25) is 4.98 Å². The summed E-state index contributed by atoms with van der Waals surface area (Å²) < 4.78 is 5.20. The van der Waals surface area contributed by atoms with Gasteiger partial charge in [-0.25, -0.2) is 0 Å². The first kappa shape index (κ1) is 18.5. The van der Waals surface area contributed by atoms with E-state index in [-0.39, 0.29) is 0 Å². The monoisotopic (exact) mass is 452 g/mol. The molecule has 0 fully saturated rings. The first-order valence-electron chi connectivity index (χ1n) is 11.6. The van der Waals surface area contributed by atoms with Crippen LogP contribution in [-0.2, 0) is 0 Å². The molecule has 0 aliphatic heterocycles. The van der Waals surface area contributed by atoms with E-state index >= 15 is 0 Å². The molecule has 4 heterocycles. The van der Waals surface area contributed by atoms with Crippen LogP contribution < -0.4 is 0 Å². The van der Waals surface area contributed by atoms with Crippen molar-refractivity contribution in [2.24, 2.45) is 0 Å². The molecule has 4 aromatic carbocycles. The summed E-state index contributed by atoms with van der Waals surface area (Å²) in [6.07, 6.45) is 1.87. The molecular formula is C31H20N2S. The number of rotatable bonds is 1. The molecule has 0 aliphatic rings. The molecule has 0 aliphatic carbocycles. The van der Waals surface area contributed by atoms with Crippen molar-refractivity contribution in [2.45, 2.75) is 13.8 Å². The van der Waals surface area contributed by atoms with Crippen LogP contribution in [0.2, 0.25) is 0 Å². The van der Waals surface area contributed by atoms with E-state index < -0.39 is 0 Å². The molecule has 4 aromatic heterocycles. The van der Waals surface area contributed by atoms with Gasteiger partial charge in [0.1, 0.15) is 0 Å². The van der Waals surface area contributed by atoms with Gasteiger partial charge in [0.05, 0.1) is 22.2 Å². The number of aromatic nitrogens is 2. The molecule has 0 saturated carbocycles. The standard InChI is InChI=1S/C31H20N2S/c1-17-13-18(2)30-23-15-21-20-7-3-4-9-27(20)34-28(21)16-26(23)33-25-11-10-19(24-8-5-6-12-32-24)14-22(25)29(17)31(30)33/h3-16H,1-2H3. The van der Waals surface area contributed by atoms with Gasteiger partial charge in [-0.15, -0.1) is 11.3 Å².